The molecule has 7 heteroatoms. The average molecular weight is 381 g/mol. The van der Waals surface area contributed by atoms with Crippen LogP contribution in [-0.4, -0.2) is 56.1 Å². The lowest BCUT2D eigenvalue weighted by Crippen LogP contribution is -2.50. The number of piperazine rings is 1. The van der Waals surface area contributed by atoms with Crippen molar-refractivity contribution in [3.63, 3.8) is 0 Å². The van der Waals surface area contributed by atoms with Crippen LogP contribution >= 0.6 is 0 Å². The van der Waals surface area contributed by atoms with Gasteiger partial charge in [-0.25, -0.2) is 0 Å². The molecule has 1 saturated heterocycles. The molecule has 2 aliphatic rings. The van der Waals surface area contributed by atoms with Crippen molar-refractivity contribution in [1.29, 1.82) is 0 Å². The molecule has 0 radical (unpaired) electrons. The zero-order valence-electron chi connectivity index (χ0n) is 14.7. The number of hydrogen-bond acceptors (Lipinski definition) is 4. The van der Waals surface area contributed by atoms with E-state index in [9.17, 15) is 13.2 Å². The molecular weight excluding hydrogens is 362 g/mol. The minimum Gasteiger partial charge on any atom is -0.352 e. The van der Waals surface area contributed by atoms with Crippen molar-refractivity contribution in [3.05, 3.63) is 71.8 Å². The van der Waals surface area contributed by atoms with Crippen LogP contribution in [0, 0.1) is 0 Å². The Bertz CT molecular complexity index is 1020. The van der Waals surface area contributed by atoms with Crippen LogP contribution < -0.4 is 0 Å². The Morgan fingerprint density at radius 2 is 1.59 bits per heavy atom. The van der Waals surface area contributed by atoms with Gasteiger partial charge in [0.1, 0.15) is 4.90 Å². The number of nitrogens with zero attached hydrogens (tertiary/aromatic N) is 3. The number of sulfonamides is 1. The van der Waals surface area contributed by atoms with Crippen LogP contribution in [0.4, 0.5) is 0 Å². The van der Waals surface area contributed by atoms with Gasteiger partial charge >= 0.3 is 0 Å². The highest BCUT2D eigenvalue weighted by Crippen LogP contribution is 2.27. The van der Waals surface area contributed by atoms with E-state index in [4.69, 9.17) is 0 Å². The summed E-state index contributed by atoms with van der Waals surface area (Å²) >= 11 is 0. The summed E-state index contributed by atoms with van der Waals surface area (Å²) in [5.74, 6) is 0.442. The highest BCUT2D eigenvalue weighted by atomic mass is 32.2. The summed E-state index contributed by atoms with van der Waals surface area (Å²) in [4.78, 5) is 16.4. The Balaban J connectivity index is 1.43. The van der Waals surface area contributed by atoms with Crippen molar-refractivity contribution in [3.8, 4) is 0 Å². The van der Waals surface area contributed by atoms with Gasteiger partial charge in [0.05, 0.1) is 0 Å². The van der Waals surface area contributed by atoms with Gasteiger partial charge in [-0.15, -0.1) is 4.40 Å². The first-order valence-electron chi connectivity index (χ1n) is 8.76. The molecule has 0 aromatic heterocycles. The van der Waals surface area contributed by atoms with Gasteiger partial charge in [-0.2, -0.15) is 8.42 Å². The number of rotatable bonds is 2. The maximum atomic E-state index is 12.4. The van der Waals surface area contributed by atoms with Gasteiger partial charge < -0.3 is 9.80 Å². The molecule has 27 heavy (non-hydrogen) atoms. The van der Waals surface area contributed by atoms with Gasteiger partial charge in [-0.3, -0.25) is 4.79 Å². The molecular formula is C20H19N3O3S. The van der Waals surface area contributed by atoms with Crippen molar-refractivity contribution < 1.29 is 13.2 Å². The second-order valence-electron chi connectivity index (χ2n) is 6.44. The van der Waals surface area contributed by atoms with E-state index in [0.29, 0.717) is 37.6 Å². The first kappa shape index (κ1) is 17.5. The molecule has 4 rings (SSSR count). The van der Waals surface area contributed by atoms with Gasteiger partial charge in [-0.05, 0) is 23.8 Å². The minimum atomic E-state index is -3.62. The normalized spacial score (nSPS) is 18.4. The summed E-state index contributed by atoms with van der Waals surface area (Å²) in [6.45, 7) is 2.15. The SMILES string of the molecule is O=C(/C=C/c1ccccc1)N1CCN(C2=NS(=O)(=O)c3ccccc32)CC1. The van der Waals surface area contributed by atoms with Gasteiger partial charge in [0.25, 0.3) is 10.0 Å². The minimum absolute atomic E-state index is 0.0418. The molecule has 0 unspecified atom stereocenters. The molecule has 1 fully saturated rings. The monoisotopic (exact) mass is 381 g/mol. The van der Waals surface area contributed by atoms with E-state index in [1.165, 1.54) is 0 Å². The highest BCUT2D eigenvalue weighted by molar-refractivity contribution is 7.90. The number of carbonyl (C=O) groups excluding carboxylic acids is 1. The fourth-order valence-corrected chi connectivity index (χ4v) is 4.52. The Labute approximate surface area is 158 Å². The fraction of sp³-hybridized carbons (Fsp3) is 0.200. The smallest absolute Gasteiger partial charge is 0.285 e. The predicted molar refractivity (Wildman–Crippen MR) is 104 cm³/mol. The summed E-state index contributed by atoms with van der Waals surface area (Å²) in [5, 5.41) is 0. The first-order chi connectivity index (χ1) is 13.0. The third-order valence-corrected chi connectivity index (χ3v) is 6.05. The van der Waals surface area contributed by atoms with Crippen LogP contribution in [0.15, 0.2) is 70.0 Å². The van der Waals surface area contributed by atoms with Crippen molar-refractivity contribution in [2.24, 2.45) is 4.40 Å². The molecule has 0 atom stereocenters. The highest BCUT2D eigenvalue weighted by Gasteiger charge is 2.33. The Hall–Kier alpha value is -2.93. The molecule has 1 amide bonds. The number of amides is 1. The number of hydrogen-bond donors (Lipinski definition) is 0. The van der Waals surface area contributed by atoms with Crippen LogP contribution in [-0.2, 0) is 14.8 Å². The standard InChI is InChI=1S/C20H19N3O3S/c24-19(11-10-16-6-2-1-3-7-16)22-12-14-23(15-13-22)20-17-8-4-5-9-18(17)27(25,26)21-20/h1-11H,12-15H2/b11-10+. The molecule has 2 aromatic carbocycles. The van der Waals surface area contributed by atoms with Crippen molar-refractivity contribution in [2.75, 3.05) is 26.2 Å². The molecule has 2 aliphatic heterocycles. The van der Waals surface area contributed by atoms with Crippen LogP contribution in [0.5, 0.6) is 0 Å². The zero-order chi connectivity index (χ0) is 18.9. The lowest BCUT2D eigenvalue weighted by Gasteiger charge is -2.35. The van der Waals surface area contributed by atoms with Gasteiger partial charge in [0.2, 0.25) is 5.91 Å². The van der Waals surface area contributed by atoms with Crippen LogP contribution in [0.1, 0.15) is 11.1 Å². The average Bonchev–Trinajstić information content (AvgIpc) is 2.98. The lowest BCUT2D eigenvalue weighted by molar-refractivity contribution is -0.127. The molecule has 6 nitrogen and oxygen atoms in total. The lowest BCUT2D eigenvalue weighted by atomic mass is 10.1. The molecule has 0 N–H and O–H groups in total. The molecule has 0 bridgehead atoms. The summed E-state index contributed by atoms with van der Waals surface area (Å²) in [7, 11) is -3.62. The summed E-state index contributed by atoms with van der Waals surface area (Å²) in [6.07, 6.45) is 3.39. The Morgan fingerprint density at radius 1 is 0.926 bits per heavy atom. The Kier molecular flexibility index (Phi) is 4.53. The fourth-order valence-electron chi connectivity index (χ4n) is 3.29. The topological polar surface area (TPSA) is 70.1 Å². The van der Waals surface area contributed by atoms with Gasteiger partial charge in [0, 0.05) is 37.8 Å². The number of amidine groups is 1. The van der Waals surface area contributed by atoms with E-state index in [0.717, 1.165) is 5.56 Å². The maximum absolute atomic E-state index is 12.4. The van der Waals surface area contributed by atoms with E-state index >= 15 is 0 Å². The maximum Gasteiger partial charge on any atom is 0.285 e. The predicted octanol–water partition coefficient (Wildman–Crippen LogP) is 1.99. The van der Waals surface area contributed by atoms with E-state index < -0.39 is 10.0 Å². The van der Waals surface area contributed by atoms with Crippen LogP contribution in [0.3, 0.4) is 0 Å². The van der Waals surface area contributed by atoms with Crippen molar-refractivity contribution >= 4 is 27.8 Å². The summed E-state index contributed by atoms with van der Waals surface area (Å²) < 4.78 is 28.4. The zero-order valence-corrected chi connectivity index (χ0v) is 15.5. The quantitative estimate of drug-likeness (QED) is 0.746. The number of benzene rings is 2. The largest absolute Gasteiger partial charge is 0.352 e. The van der Waals surface area contributed by atoms with Crippen molar-refractivity contribution in [2.45, 2.75) is 4.90 Å². The Morgan fingerprint density at radius 3 is 2.33 bits per heavy atom. The molecule has 0 aliphatic carbocycles. The molecule has 0 spiro atoms. The van der Waals surface area contributed by atoms with Crippen LogP contribution in [0.25, 0.3) is 6.08 Å². The summed E-state index contributed by atoms with van der Waals surface area (Å²) in [6, 6.07) is 16.5. The van der Waals surface area contributed by atoms with E-state index in [2.05, 4.69) is 4.40 Å². The van der Waals surface area contributed by atoms with E-state index in [1.54, 1.807) is 35.3 Å². The first-order valence-corrected chi connectivity index (χ1v) is 10.2. The van der Waals surface area contributed by atoms with Gasteiger partial charge in [0.15, 0.2) is 5.84 Å². The summed E-state index contributed by atoms with van der Waals surface area (Å²) in [5.41, 5.74) is 1.62. The third-order valence-electron chi connectivity index (χ3n) is 4.72. The molecule has 0 saturated carbocycles. The molecule has 2 heterocycles. The third kappa shape index (κ3) is 3.50. The molecule has 2 aromatic rings. The second-order valence-corrected chi connectivity index (χ2v) is 8.02. The van der Waals surface area contributed by atoms with Crippen LogP contribution in [0.2, 0.25) is 0 Å². The second kappa shape index (κ2) is 7.00. The van der Waals surface area contributed by atoms with Gasteiger partial charge in [-0.1, -0.05) is 42.5 Å². The van der Waals surface area contributed by atoms with E-state index in [1.807, 2.05) is 41.3 Å². The van der Waals surface area contributed by atoms with Crippen molar-refractivity contribution in [1.82, 2.24) is 9.80 Å². The number of fused-ring (bicyclic) bond motifs is 1. The molecule has 138 valence electrons. The number of carbonyl (C=O) groups is 1. The van der Waals surface area contributed by atoms with E-state index in [-0.39, 0.29) is 10.8 Å².